The number of nitrogens with one attached hydrogen (secondary N) is 1. The molecular weight excluding hydrogens is 230 g/mol. The van der Waals surface area contributed by atoms with Gasteiger partial charge >= 0.3 is 0 Å². The first-order valence-corrected chi connectivity index (χ1v) is 8.21. The van der Waals surface area contributed by atoms with Crippen molar-refractivity contribution >= 4 is 11.8 Å². The smallest absolute Gasteiger partial charge is 0.0771 e. The first-order valence-electron chi connectivity index (χ1n) is 7.16. The lowest BCUT2D eigenvalue weighted by Crippen LogP contribution is -2.49. The lowest BCUT2D eigenvalue weighted by atomic mass is 9.79. The molecule has 0 spiro atoms. The zero-order chi connectivity index (χ0) is 12.3. The molecule has 0 aromatic carbocycles. The predicted molar refractivity (Wildman–Crippen MR) is 75.5 cm³/mol. The molecule has 2 atom stereocenters. The van der Waals surface area contributed by atoms with Crippen LogP contribution in [0.25, 0.3) is 0 Å². The van der Waals surface area contributed by atoms with Crippen molar-refractivity contribution < 1.29 is 5.11 Å². The van der Waals surface area contributed by atoms with E-state index in [0.717, 1.165) is 25.3 Å². The summed E-state index contributed by atoms with van der Waals surface area (Å²) in [5.41, 5.74) is -0.422. The van der Waals surface area contributed by atoms with E-state index in [1.54, 1.807) is 0 Å². The predicted octanol–water partition coefficient (Wildman–Crippen LogP) is 2.80. The standard InChI is InChI=1S/C14H27NOS/c1-11-5-7-14(16,8-6-11)10-15-13-4-3-9-17-12(13)2/h11-13,15-16H,3-10H2,1-2H3. The molecule has 1 aliphatic heterocycles. The van der Waals surface area contributed by atoms with E-state index in [-0.39, 0.29) is 0 Å². The van der Waals surface area contributed by atoms with Gasteiger partial charge in [-0.3, -0.25) is 0 Å². The fourth-order valence-corrected chi connectivity index (χ4v) is 4.16. The molecule has 0 aromatic heterocycles. The van der Waals surface area contributed by atoms with Crippen LogP contribution in [0, 0.1) is 5.92 Å². The van der Waals surface area contributed by atoms with E-state index in [9.17, 15) is 5.11 Å². The van der Waals surface area contributed by atoms with Crippen molar-refractivity contribution in [2.24, 2.45) is 5.92 Å². The highest BCUT2D eigenvalue weighted by molar-refractivity contribution is 7.99. The van der Waals surface area contributed by atoms with E-state index in [0.29, 0.717) is 11.3 Å². The van der Waals surface area contributed by atoms with Gasteiger partial charge in [0.1, 0.15) is 0 Å². The monoisotopic (exact) mass is 257 g/mol. The van der Waals surface area contributed by atoms with Gasteiger partial charge in [-0.15, -0.1) is 0 Å². The van der Waals surface area contributed by atoms with Crippen LogP contribution in [0.2, 0.25) is 0 Å². The summed E-state index contributed by atoms with van der Waals surface area (Å²) >= 11 is 2.07. The number of rotatable bonds is 3. The van der Waals surface area contributed by atoms with Gasteiger partial charge in [0.2, 0.25) is 0 Å². The molecule has 1 saturated heterocycles. The van der Waals surface area contributed by atoms with Crippen molar-refractivity contribution in [2.75, 3.05) is 12.3 Å². The van der Waals surface area contributed by atoms with Gasteiger partial charge in [-0.2, -0.15) is 11.8 Å². The Labute approximate surface area is 110 Å². The Morgan fingerprint density at radius 3 is 2.59 bits per heavy atom. The topological polar surface area (TPSA) is 32.3 Å². The van der Waals surface area contributed by atoms with Gasteiger partial charge in [0.25, 0.3) is 0 Å². The summed E-state index contributed by atoms with van der Waals surface area (Å²) in [6.07, 6.45) is 6.94. The fourth-order valence-electron chi connectivity index (χ4n) is 2.99. The van der Waals surface area contributed by atoms with Crippen LogP contribution in [-0.4, -0.2) is 34.3 Å². The first-order chi connectivity index (χ1) is 8.09. The minimum absolute atomic E-state index is 0.422. The summed E-state index contributed by atoms with van der Waals surface area (Å²) in [6, 6.07) is 0.608. The molecule has 100 valence electrons. The van der Waals surface area contributed by atoms with Gasteiger partial charge < -0.3 is 10.4 Å². The molecule has 2 N–H and O–H groups in total. The van der Waals surface area contributed by atoms with Gasteiger partial charge in [-0.25, -0.2) is 0 Å². The summed E-state index contributed by atoms with van der Waals surface area (Å²) < 4.78 is 0. The van der Waals surface area contributed by atoms with Crippen molar-refractivity contribution in [2.45, 2.75) is 69.3 Å². The normalized spacial score (nSPS) is 43.6. The van der Waals surface area contributed by atoms with Crippen molar-refractivity contribution in [3.05, 3.63) is 0 Å². The fraction of sp³-hybridized carbons (Fsp3) is 1.00. The maximum atomic E-state index is 10.5. The van der Waals surface area contributed by atoms with Crippen molar-refractivity contribution in [1.82, 2.24) is 5.32 Å². The van der Waals surface area contributed by atoms with Crippen LogP contribution >= 0.6 is 11.8 Å². The van der Waals surface area contributed by atoms with E-state index >= 15 is 0 Å². The average Bonchev–Trinajstić information content (AvgIpc) is 2.33. The minimum atomic E-state index is -0.422. The van der Waals surface area contributed by atoms with Crippen LogP contribution in [0.1, 0.15) is 52.4 Å². The molecule has 3 heteroatoms. The highest BCUT2D eigenvalue weighted by atomic mass is 32.2. The van der Waals surface area contributed by atoms with Crippen LogP contribution in [0.4, 0.5) is 0 Å². The molecule has 0 aromatic rings. The van der Waals surface area contributed by atoms with Crippen molar-refractivity contribution in [3.63, 3.8) is 0 Å². The second-order valence-electron chi connectivity index (χ2n) is 6.11. The molecule has 0 amide bonds. The lowest BCUT2D eigenvalue weighted by Gasteiger charge is -2.38. The molecule has 1 saturated carbocycles. The van der Waals surface area contributed by atoms with E-state index in [1.165, 1.54) is 31.4 Å². The number of thioether (sulfide) groups is 1. The third kappa shape index (κ3) is 3.87. The average molecular weight is 257 g/mol. The second kappa shape index (κ2) is 5.94. The number of hydrogen-bond acceptors (Lipinski definition) is 3. The van der Waals surface area contributed by atoms with Gasteiger partial charge in [0, 0.05) is 17.8 Å². The number of aliphatic hydroxyl groups is 1. The third-order valence-electron chi connectivity index (χ3n) is 4.51. The summed E-state index contributed by atoms with van der Waals surface area (Å²) in [5.74, 6) is 2.11. The van der Waals surface area contributed by atoms with Crippen LogP contribution in [0.3, 0.4) is 0 Å². The Balaban J connectivity index is 1.76. The highest BCUT2D eigenvalue weighted by Crippen LogP contribution is 2.32. The molecule has 1 heterocycles. The third-order valence-corrected chi connectivity index (χ3v) is 5.88. The highest BCUT2D eigenvalue weighted by Gasteiger charge is 2.33. The summed E-state index contributed by atoms with van der Waals surface area (Å²) in [6.45, 7) is 5.41. The molecule has 2 nitrogen and oxygen atoms in total. The van der Waals surface area contributed by atoms with Crippen molar-refractivity contribution in [1.29, 1.82) is 0 Å². The zero-order valence-electron chi connectivity index (χ0n) is 11.2. The molecule has 2 rings (SSSR count). The van der Waals surface area contributed by atoms with Crippen LogP contribution in [0.5, 0.6) is 0 Å². The number of hydrogen-bond donors (Lipinski definition) is 2. The van der Waals surface area contributed by atoms with Gasteiger partial charge in [0.15, 0.2) is 0 Å². The molecule has 1 aliphatic carbocycles. The molecule has 17 heavy (non-hydrogen) atoms. The minimum Gasteiger partial charge on any atom is -0.389 e. The quantitative estimate of drug-likeness (QED) is 0.815. The maximum absolute atomic E-state index is 10.5. The second-order valence-corrected chi connectivity index (χ2v) is 7.60. The molecule has 0 bridgehead atoms. The van der Waals surface area contributed by atoms with Gasteiger partial charge in [-0.1, -0.05) is 13.8 Å². The summed E-state index contributed by atoms with van der Waals surface area (Å²) in [4.78, 5) is 0. The Morgan fingerprint density at radius 1 is 1.24 bits per heavy atom. The largest absolute Gasteiger partial charge is 0.389 e. The van der Waals surface area contributed by atoms with E-state index < -0.39 is 5.60 Å². The Morgan fingerprint density at radius 2 is 1.94 bits per heavy atom. The SMILES string of the molecule is CC1CCC(O)(CNC2CCCSC2C)CC1. The molecule has 0 radical (unpaired) electrons. The zero-order valence-corrected chi connectivity index (χ0v) is 12.1. The first kappa shape index (κ1) is 13.7. The van der Waals surface area contributed by atoms with Crippen LogP contribution < -0.4 is 5.32 Å². The Kier molecular flexibility index (Phi) is 4.79. The van der Waals surface area contributed by atoms with Crippen molar-refractivity contribution in [3.8, 4) is 0 Å². The molecule has 2 unspecified atom stereocenters. The van der Waals surface area contributed by atoms with Gasteiger partial charge in [-0.05, 0) is 50.2 Å². The van der Waals surface area contributed by atoms with Crippen LogP contribution in [-0.2, 0) is 0 Å². The summed E-state index contributed by atoms with van der Waals surface area (Å²) in [7, 11) is 0. The van der Waals surface area contributed by atoms with E-state index in [1.807, 2.05) is 0 Å². The van der Waals surface area contributed by atoms with Gasteiger partial charge in [0.05, 0.1) is 5.60 Å². The molecule has 2 fully saturated rings. The van der Waals surface area contributed by atoms with Crippen LogP contribution in [0.15, 0.2) is 0 Å². The molecule has 2 aliphatic rings. The Bertz CT molecular complexity index is 238. The van der Waals surface area contributed by atoms with E-state index in [4.69, 9.17) is 0 Å². The summed E-state index contributed by atoms with van der Waals surface area (Å²) in [5, 5.41) is 14.9. The molecular formula is C14H27NOS. The Hall–Kier alpha value is 0.270. The lowest BCUT2D eigenvalue weighted by molar-refractivity contribution is -0.00837. The van der Waals surface area contributed by atoms with E-state index in [2.05, 4.69) is 30.9 Å². The maximum Gasteiger partial charge on any atom is 0.0771 e.